The van der Waals surface area contributed by atoms with Crippen molar-refractivity contribution in [1.82, 2.24) is 20.6 Å². The topological polar surface area (TPSA) is 85.2 Å². The Hall–Kier alpha value is -2.83. The van der Waals surface area contributed by atoms with Gasteiger partial charge in [0.2, 0.25) is 0 Å². The van der Waals surface area contributed by atoms with E-state index < -0.39 is 11.8 Å². The highest BCUT2D eigenvalue weighted by Gasteiger charge is 2.11. The number of nitrogens with zero attached hydrogens (tertiary/aromatic N) is 2. The lowest BCUT2D eigenvalue weighted by molar-refractivity contribution is 0.0841. The summed E-state index contributed by atoms with van der Waals surface area (Å²) in [6.07, 6.45) is 1.50. The van der Waals surface area contributed by atoms with Gasteiger partial charge in [0.05, 0.1) is 6.61 Å². The number of carbonyl (C=O) groups is 2. The summed E-state index contributed by atoms with van der Waals surface area (Å²) in [7, 11) is 1.64. The van der Waals surface area contributed by atoms with Crippen LogP contribution < -0.4 is 15.6 Å². The molecule has 2 aromatic rings. The minimum absolute atomic E-state index is 0.349. The number of rotatable bonds is 4. The normalized spacial score (nSPS) is 10.0. The molecule has 7 nitrogen and oxygen atoms in total. The number of hydrazine groups is 1. The maximum atomic E-state index is 11.9. The standard InChI is InChI=1S/C14H16N4O3/c1-3-21-11-6-4-10(5-7-11)13(19)16-17-14(20)12-8-9-15-18(12)2/h4-9H,3H2,1-2H3,(H,16,19)(H,17,20). The van der Waals surface area contributed by atoms with E-state index >= 15 is 0 Å². The summed E-state index contributed by atoms with van der Waals surface area (Å²) in [4.78, 5) is 23.7. The van der Waals surface area contributed by atoms with Gasteiger partial charge in [-0.25, -0.2) is 0 Å². The van der Waals surface area contributed by atoms with E-state index in [9.17, 15) is 9.59 Å². The zero-order valence-corrected chi connectivity index (χ0v) is 11.8. The van der Waals surface area contributed by atoms with Crippen LogP contribution in [0.25, 0.3) is 0 Å². The molecule has 1 heterocycles. The Morgan fingerprint density at radius 2 is 1.81 bits per heavy atom. The molecule has 0 saturated heterocycles. The summed E-state index contributed by atoms with van der Waals surface area (Å²) in [5.74, 6) is -0.157. The summed E-state index contributed by atoms with van der Waals surface area (Å²) in [5.41, 5.74) is 5.45. The number of aryl methyl sites for hydroxylation is 1. The number of aromatic nitrogens is 2. The Kier molecular flexibility index (Phi) is 4.55. The van der Waals surface area contributed by atoms with Crippen molar-refractivity contribution >= 4 is 11.8 Å². The van der Waals surface area contributed by atoms with Gasteiger partial charge in [-0.15, -0.1) is 0 Å². The number of hydrogen-bond acceptors (Lipinski definition) is 4. The van der Waals surface area contributed by atoms with Crippen molar-refractivity contribution in [2.45, 2.75) is 6.92 Å². The molecule has 0 spiro atoms. The molecule has 2 N–H and O–H groups in total. The minimum atomic E-state index is -0.436. The first-order valence-electron chi connectivity index (χ1n) is 6.43. The Bertz CT molecular complexity index is 634. The van der Waals surface area contributed by atoms with Crippen molar-refractivity contribution in [3.05, 3.63) is 47.8 Å². The highest BCUT2D eigenvalue weighted by molar-refractivity contribution is 5.98. The SMILES string of the molecule is CCOc1ccc(C(=O)NNC(=O)c2ccnn2C)cc1. The zero-order valence-electron chi connectivity index (χ0n) is 11.8. The zero-order chi connectivity index (χ0) is 15.2. The molecule has 2 amide bonds. The predicted octanol–water partition coefficient (Wildman–Crippen LogP) is 0.894. The first-order valence-corrected chi connectivity index (χ1v) is 6.43. The van der Waals surface area contributed by atoms with Crippen LogP contribution in [0.5, 0.6) is 5.75 Å². The van der Waals surface area contributed by atoms with Gasteiger partial charge in [0.15, 0.2) is 0 Å². The fourth-order valence-corrected chi connectivity index (χ4v) is 1.72. The number of hydrogen-bond donors (Lipinski definition) is 2. The second-order valence-electron chi connectivity index (χ2n) is 4.21. The molecule has 0 saturated carbocycles. The van der Waals surface area contributed by atoms with Crippen molar-refractivity contribution in [3.63, 3.8) is 0 Å². The third kappa shape index (κ3) is 3.59. The molecule has 0 fully saturated rings. The summed E-state index contributed by atoms with van der Waals surface area (Å²) >= 11 is 0. The first-order chi connectivity index (χ1) is 10.1. The minimum Gasteiger partial charge on any atom is -0.494 e. The fourth-order valence-electron chi connectivity index (χ4n) is 1.72. The molecule has 0 atom stereocenters. The van der Waals surface area contributed by atoms with Crippen LogP contribution >= 0.6 is 0 Å². The van der Waals surface area contributed by atoms with E-state index in [0.29, 0.717) is 23.6 Å². The van der Waals surface area contributed by atoms with E-state index in [1.165, 1.54) is 10.9 Å². The molecule has 0 aliphatic rings. The van der Waals surface area contributed by atoms with Crippen LogP contribution in [0.15, 0.2) is 36.5 Å². The summed E-state index contributed by atoms with van der Waals surface area (Å²) in [6.45, 7) is 2.45. The lowest BCUT2D eigenvalue weighted by Crippen LogP contribution is -2.42. The number of carbonyl (C=O) groups excluding carboxylic acids is 2. The van der Waals surface area contributed by atoms with Crippen LogP contribution in [0, 0.1) is 0 Å². The van der Waals surface area contributed by atoms with Gasteiger partial charge >= 0.3 is 0 Å². The van der Waals surface area contributed by atoms with Crippen LogP contribution in [0.1, 0.15) is 27.8 Å². The monoisotopic (exact) mass is 288 g/mol. The average Bonchev–Trinajstić information content (AvgIpc) is 2.92. The maximum absolute atomic E-state index is 11.9. The molecule has 7 heteroatoms. The van der Waals surface area contributed by atoms with E-state index in [1.807, 2.05) is 6.92 Å². The Morgan fingerprint density at radius 1 is 1.14 bits per heavy atom. The maximum Gasteiger partial charge on any atom is 0.287 e. The number of ether oxygens (including phenoxy) is 1. The molecule has 110 valence electrons. The van der Waals surface area contributed by atoms with Crippen LogP contribution in [0.4, 0.5) is 0 Å². The highest BCUT2D eigenvalue weighted by Crippen LogP contribution is 2.11. The van der Waals surface area contributed by atoms with Crippen molar-refractivity contribution < 1.29 is 14.3 Å². The lowest BCUT2D eigenvalue weighted by Gasteiger charge is -2.08. The first kappa shape index (κ1) is 14.6. The van der Waals surface area contributed by atoms with E-state index in [-0.39, 0.29) is 0 Å². The van der Waals surface area contributed by atoms with Crippen LogP contribution in [-0.4, -0.2) is 28.2 Å². The molecule has 0 radical (unpaired) electrons. The van der Waals surface area contributed by atoms with Gasteiger partial charge in [-0.2, -0.15) is 5.10 Å². The largest absolute Gasteiger partial charge is 0.494 e. The summed E-state index contributed by atoms with van der Waals surface area (Å²) in [6, 6.07) is 8.19. The molecular weight excluding hydrogens is 272 g/mol. The molecule has 0 aliphatic heterocycles. The number of nitrogens with one attached hydrogen (secondary N) is 2. The van der Waals surface area contributed by atoms with Gasteiger partial charge in [0.25, 0.3) is 11.8 Å². The molecule has 21 heavy (non-hydrogen) atoms. The smallest absolute Gasteiger partial charge is 0.287 e. The Morgan fingerprint density at radius 3 is 2.38 bits per heavy atom. The van der Waals surface area contributed by atoms with Crippen molar-refractivity contribution in [2.24, 2.45) is 7.05 Å². The molecule has 1 aromatic carbocycles. The molecule has 0 aliphatic carbocycles. The molecule has 2 rings (SSSR count). The van der Waals surface area contributed by atoms with Crippen molar-refractivity contribution in [2.75, 3.05) is 6.61 Å². The number of amides is 2. The predicted molar refractivity (Wildman–Crippen MR) is 75.8 cm³/mol. The number of benzene rings is 1. The van der Waals surface area contributed by atoms with Gasteiger partial charge in [-0.3, -0.25) is 25.1 Å². The van der Waals surface area contributed by atoms with E-state index in [2.05, 4.69) is 16.0 Å². The molecule has 0 bridgehead atoms. The quantitative estimate of drug-likeness (QED) is 0.818. The van der Waals surface area contributed by atoms with Gasteiger partial charge < -0.3 is 4.74 Å². The second-order valence-corrected chi connectivity index (χ2v) is 4.21. The molecule has 0 unspecified atom stereocenters. The Balaban J connectivity index is 1.92. The van der Waals surface area contributed by atoms with Gasteiger partial charge in [-0.1, -0.05) is 0 Å². The summed E-state index contributed by atoms with van der Waals surface area (Å²) in [5, 5.41) is 3.88. The second kappa shape index (κ2) is 6.56. The highest BCUT2D eigenvalue weighted by atomic mass is 16.5. The Labute approximate surface area is 121 Å². The van der Waals surface area contributed by atoms with Gasteiger partial charge in [0, 0.05) is 18.8 Å². The van der Waals surface area contributed by atoms with Crippen LogP contribution in [0.2, 0.25) is 0 Å². The molecular formula is C14H16N4O3. The molecule has 1 aromatic heterocycles. The lowest BCUT2D eigenvalue weighted by atomic mass is 10.2. The van der Waals surface area contributed by atoms with E-state index in [4.69, 9.17) is 4.74 Å². The van der Waals surface area contributed by atoms with E-state index in [0.717, 1.165) is 0 Å². The van der Waals surface area contributed by atoms with Gasteiger partial charge in [0.1, 0.15) is 11.4 Å². The van der Waals surface area contributed by atoms with E-state index in [1.54, 1.807) is 37.4 Å². The third-order valence-corrected chi connectivity index (χ3v) is 2.77. The summed E-state index contributed by atoms with van der Waals surface area (Å²) < 4.78 is 6.70. The van der Waals surface area contributed by atoms with Gasteiger partial charge in [-0.05, 0) is 37.3 Å². The average molecular weight is 288 g/mol. The fraction of sp³-hybridized carbons (Fsp3) is 0.214. The van der Waals surface area contributed by atoms with Crippen molar-refractivity contribution in [1.29, 1.82) is 0 Å². The van der Waals surface area contributed by atoms with Crippen LogP contribution in [-0.2, 0) is 7.05 Å². The van der Waals surface area contributed by atoms with Crippen LogP contribution in [0.3, 0.4) is 0 Å². The third-order valence-electron chi connectivity index (χ3n) is 2.77. The van der Waals surface area contributed by atoms with Crippen molar-refractivity contribution in [3.8, 4) is 5.75 Å².